The molecule has 4 rings (SSSR count). The minimum atomic E-state index is -5.08. The van der Waals surface area contributed by atoms with Gasteiger partial charge in [0, 0.05) is 11.6 Å². The molecule has 0 bridgehead atoms. The molecule has 0 spiro atoms. The van der Waals surface area contributed by atoms with E-state index in [4.69, 9.17) is 21.1 Å². The molecule has 4 aromatic rings. The van der Waals surface area contributed by atoms with Crippen molar-refractivity contribution in [1.29, 1.82) is 0 Å². The fourth-order valence-electron chi connectivity index (χ4n) is 3.31. The smallest absolute Gasteiger partial charge is 0.490 e. The summed E-state index contributed by atoms with van der Waals surface area (Å²) in [6.07, 6.45) is 1.85. The molecule has 3 aromatic heterocycles. The Kier molecular flexibility index (Phi) is 7.96. The summed E-state index contributed by atoms with van der Waals surface area (Å²) in [6.45, 7) is 0.411. The van der Waals surface area contributed by atoms with Gasteiger partial charge in [0.25, 0.3) is 11.5 Å². The highest BCUT2D eigenvalue weighted by Gasteiger charge is 2.38. The zero-order chi connectivity index (χ0) is 26.5. The van der Waals surface area contributed by atoms with Crippen LogP contribution in [0, 0.1) is 12.3 Å². The number of amides is 1. The highest BCUT2D eigenvalue weighted by Crippen LogP contribution is 2.39. The average Bonchev–Trinajstić information content (AvgIpc) is 3.26. The molecule has 1 amide bonds. The van der Waals surface area contributed by atoms with Gasteiger partial charge in [0.05, 0.1) is 36.1 Å². The van der Waals surface area contributed by atoms with Crippen molar-refractivity contribution in [2.24, 2.45) is 0 Å². The number of nitrogens with one attached hydrogen (secondary N) is 1. The predicted molar refractivity (Wildman–Crippen MR) is 128 cm³/mol. The second-order valence-electron chi connectivity index (χ2n) is 7.09. The Balaban J connectivity index is 0.000000454. The molecule has 0 aliphatic carbocycles. The molecule has 0 radical (unpaired) electrons. The van der Waals surface area contributed by atoms with E-state index in [-0.39, 0.29) is 23.8 Å². The number of pyridine rings is 2. The van der Waals surface area contributed by atoms with Crippen molar-refractivity contribution in [1.82, 2.24) is 14.9 Å². The van der Waals surface area contributed by atoms with Crippen molar-refractivity contribution >= 4 is 44.2 Å². The van der Waals surface area contributed by atoms with Crippen LogP contribution in [0.3, 0.4) is 0 Å². The Hall–Kier alpha value is -4.37. The molecule has 3 heterocycles. The third-order valence-corrected chi connectivity index (χ3v) is 6.02. The number of thiophene rings is 1. The van der Waals surface area contributed by atoms with Gasteiger partial charge in [-0.2, -0.15) is 13.2 Å². The van der Waals surface area contributed by atoms with Gasteiger partial charge in [-0.05, 0) is 18.2 Å². The topological polar surface area (TPSA) is 111 Å². The minimum Gasteiger partial charge on any atom is -0.494 e. The van der Waals surface area contributed by atoms with Gasteiger partial charge in [-0.25, -0.2) is 4.79 Å². The van der Waals surface area contributed by atoms with Crippen LogP contribution in [0.2, 0.25) is 0 Å². The third-order valence-electron chi connectivity index (χ3n) is 4.81. The number of fused-ring (bicyclic) bond motifs is 3. The van der Waals surface area contributed by atoms with Gasteiger partial charge in [0.1, 0.15) is 10.3 Å². The number of methoxy groups -OCH3 is 1. The normalized spacial score (nSPS) is 10.9. The van der Waals surface area contributed by atoms with Crippen LogP contribution < -0.4 is 15.6 Å². The van der Waals surface area contributed by atoms with Gasteiger partial charge in [-0.3, -0.25) is 14.6 Å². The molecule has 0 saturated carbocycles. The number of hydrogen-bond donors (Lipinski definition) is 2. The summed E-state index contributed by atoms with van der Waals surface area (Å²) >= 11 is 1.23. The number of carbonyl (C=O) groups excluding carboxylic acids is 1. The second-order valence-corrected chi connectivity index (χ2v) is 8.11. The van der Waals surface area contributed by atoms with Gasteiger partial charge < -0.3 is 19.7 Å². The van der Waals surface area contributed by atoms with E-state index in [1.807, 2.05) is 42.5 Å². The Morgan fingerprint density at radius 1 is 1.22 bits per heavy atom. The van der Waals surface area contributed by atoms with Crippen molar-refractivity contribution in [2.75, 3.05) is 13.7 Å². The number of alkyl halides is 3. The van der Waals surface area contributed by atoms with Crippen molar-refractivity contribution in [2.45, 2.75) is 12.7 Å². The van der Waals surface area contributed by atoms with E-state index < -0.39 is 12.1 Å². The summed E-state index contributed by atoms with van der Waals surface area (Å²) < 4.78 is 39.6. The van der Waals surface area contributed by atoms with E-state index in [9.17, 15) is 22.8 Å². The lowest BCUT2D eigenvalue weighted by atomic mass is 10.1. The van der Waals surface area contributed by atoms with E-state index in [0.29, 0.717) is 21.5 Å². The molecule has 8 nitrogen and oxygen atoms in total. The standard InChI is InChI=1S/C22H17N3O3S.C2HF3O2/c1-3-11-24-21(26)20-18(28-2)17-19(29-20)15-9-4-5-10-16(15)25(22(17)27)13-14-8-6-7-12-23-14;3-2(4,5)1(6)7/h1,4-10,12H,11,13H2,2H3,(H,24,26);(H,6,7). The van der Waals surface area contributed by atoms with E-state index in [2.05, 4.69) is 16.2 Å². The molecular formula is C24H18F3N3O5S. The number of hydrogen-bond acceptors (Lipinski definition) is 6. The number of carboxylic acids is 1. The number of benzene rings is 1. The number of rotatable bonds is 5. The first-order valence-corrected chi connectivity index (χ1v) is 11.0. The Labute approximate surface area is 206 Å². The van der Waals surface area contributed by atoms with E-state index in [1.165, 1.54) is 18.4 Å². The van der Waals surface area contributed by atoms with Crippen LogP contribution in [-0.4, -0.2) is 46.4 Å². The summed E-state index contributed by atoms with van der Waals surface area (Å²) in [5, 5.41) is 11.0. The minimum absolute atomic E-state index is 0.0981. The molecule has 0 unspecified atom stereocenters. The molecule has 0 atom stereocenters. The maximum atomic E-state index is 13.5. The first kappa shape index (κ1) is 26.2. The Morgan fingerprint density at radius 3 is 2.47 bits per heavy atom. The SMILES string of the molecule is C#CCNC(=O)c1sc2c(c1OC)c(=O)n(Cc1ccccn1)c1ccccc21.O=C(O)C(F)(F)F. The average molecular weight is 517 g/mol. The predicted octanol–water partition coefficient (Wildman–Crippen LogP) is 3.66. The van der Waals surface area contributed by atoms with Gasteiger partial charge in [0.15, 0.2) is 5.75 Å². The second kappa shape index (κ2) is 10.9. The summed E-state index contributed by atoms with van der Waals surface area (Å²) in [5.74, 6) is -0.473. The fourth-order valence-corrected chi connectivity index (χ4v) is 4.52. The Morgan fingerprint density at radius 2 is 1.89 bits per heavy atom. The van der Waals surface area contributed by atoms with E-state index in [0.717, 1.165) is 16.6 Å². The molecule has 186 valence electrons. The fraction of sp³-hybridized carbons (Fsp3) is 0.167. The zero-order valence-electron chi connectivity index (χ0n) is 18.6. The number of carbonyl (C=O) groups is 2. The van der Waals surface area contributed by atoms with Crippen LogP contribution in [0.1, 0.15) is 15.4 Å². The number of para-hydroxylation sites is 1. The number of carboxylic acid groups (broad SMARTS) is 1. The number of aliphatic carboxylic acids is 1. The van der Waals surface area contributed by atoms with Crippen LogP contribution in [-0.2, 0) is 11.3 Å². The molecule has 0 fully saturated rings. The lowest BCUT2D eigenvalue weighted by molar-refractivity contribution is -0.192. The number of aromatic nitrogens is 2. The lowest BCUT2D eigenvalue weighted by Crippen LogP contribution is -2.23. The maximum Gasteiger partial charge on any atom is 0.490 e. The number of ether oxygens (including phenoxy) is 1. The highest BCUT2D eigenvalue weighted by atomic mass is 32.1. The van der Waals surface area contributed by atoms with E-state index in [1.54, 1.807) is 10.8 Å². The number of nitrogens with zero attached hydrogens (tertiary/aromatic N) is 2. The summed E-state index contributed by atoms with van der Waals surface area (Å²) in [6, 6.07) is 13.2. The molecule has 36 heavy (non-hydrogen) atoms. The van der Waals surface area contributed by atoms with Crippen molar-refractivity contribution < 1.29 is 32.6 Å². The quantitative estimate of drug-likeness (QED) is 0.391. The molecule has 1 aromatic carbocycles. The third kappa shape index (κ3) is 5.47. The number of halogens is 3. The van der Waals surface area contributed by atoms with Crippen molar-refractivity contribution in [3.05, 3.63) is 69.6 Å². The monoisotopic (exact) mass is 517 g/mol. The van der Waals surface area contributed by atoms with E-state index >= 15 is 0 Å². The van der Waals surface area contributed by atoms with Gasteiger partial charge in [0.2, 0.25) is 0 Å². The molecule has 0 aliphatic heterocycles. The van der Waals surface area contributed by atoms with Gasteiger partial charge in [-0.1, -0.05) is 30.2 Å². The van der Waals surface area contributed by atoms with Crippen LogP contribution in [0.5, 0.6) is 5.75 Å². The van der Waals surface area contributed by atoms with Crippen LogP contribution in [0.4, 0.5) is 13.2 Å². The maximum absolute atomic E-state index is 13.5. The largest absolute Gasteiger partial charge is 0.494 e. The first-order valence-electron chi connectivity index (χ1n) is 10.1. The lowest BCUT2D eigenvalue weighted by Gasteiger charge is -2.11. The van der Waals surface area contributed by atoms with Crippen LogP contribution in [0.25, 0.3) is 21.0 Å². The summed E-state index contributed by atoms with van der Waals surface area (Å²) in [7, 11) is 1.46. The molecule has 0 saturated heterocycles. The van der Waals surface area contributed by atoms with Gasteiger partial charge in [-0.15, -0.1) is 17.8 Å². The summed E-state index contributed by atoms with van der Waals surface area (Å²) in [4.78, 5) is 39.6. The molecule has 0 aliphatic rings. The molecular weight excluding hydrogens is 499 g/mol. The van der Waals surface area contributed by atoms with Crippen LogP contribution >= 0.6 is 11.3 Å². The Bertz CT molecular complexity index is 1520. The molecule has 2 N–H and O–H groups in total. The zero-order valence-corrected chi connectivity index (χ0v) is 19.4. The number of terminal acetylenes is 1. The summed E-state index contributed by atoms with van der Waals surface area (Å²) in [5.41, 5.74) is 1.31. The van der Waals surface area contributed by atoms with Crippen LogP contribution in [0.15, 0.2) is 53.5 Å². The van der Waals surface area contributed by atoms with Crippen molar-refractivity contribution in [3.63, 3.8) is 0 Å². The van der Waals surface area contributed by atoms with Crippen molar-refractivity contribution in [3.8, 4) is 18.1 Å². The first-order chi connectivity index (χ1) is 17.1. The van der Waals surface area contributed by atoms with Gasteiger partial charge >= 0.3 is 12.1 Å². The highest BCUT2D eigenvalue weighted by molar-refractivity contribution is 7.22. The molecule has 12 heteroatoms.